The number of rotatable bonds is 2. The molecule has 4 rings (SSSR count). The van der Waals surface area contributed by atoms with Crippen molar-refractivity contribution in [2.45, 2.75) is 32.4 Å². The molecule has 0 fully saturated rings. The zero-order valence-electron chi connectivity index (χ0n) is 14.6. The Labute approximate surface area is 150 Å². The van der Waals surface area contributed by atoms with E-state index in [1.54, 1.807) is 16.7 Å². The fourth-order valence-electron chi connectivity index (χ4n) is 3.82. The number of aromatic nitrogens is 3. The summed E-state index contributed by atoms with van der Waals surface area (Å²) >= 11 is 0. The van der Waals surface area contributed by atoms with E-state index in [1.165, 1.54) is 6.33 Å². The van der Waals surface area contributed by atoms with Crippen molar-refractivity contribution in [3.8, 4) is 0 Å². The highest BCUT2D eigenvalue weighted by Crippen LogP contribution is 2.36. The topological polar surface area (TPSA) is 115 Å². The fraction of sp³-hybridized carbons (Fsp3) is 0.333. The average molecular weight is 352 g/mol. The molecule has 0 radical (unpaired) electrons. The summed E-state index contributed by atoms with van der Waals surface area (Å²) in [5.41, 5.74) is 6.05. The molecule has 1 amide bonds. The van der Waals surface area contributed by atoms with Gasteiger partial charge in [-0.2, -0.15) is 0 Å². The highest BCUT2D eigenvalue weighted by Gasteiger charge is 2.44. The number of aryl methyl sites for hydroxylation is 1. The number of anilines is 3. The minimum absolute atomic E-state index is 0.226. The fourth-order valence-corrected chi connectivity index (χ4v) is 3.82. The van der Waals surface area contributed by atoms with Gasteiger partial charge in [-0.05, 0) is 43.4 Å². The van der Waals surface area contributed by atoms with Gasteiger partial charge in [0.05, 0.1) is 0 Å². The third-order valence-corrected chi connectivity index (χ3v) is 4.88. The predicted molar refractivity (Wildman–Crippen MR) is 98.1 cm³/mol. The number of nitrogens with one attached hydrogen (secondary N) is 2. The van der Waals surface area contributed by atoms with E-state index in [9.17, 15) is 9.59 Å². The van der Waals surface area contributed by atoms with Gasteiger partial charge in [0.2, 0.25) is 0 Å². The summed E-state index contributed by atoms with van der Waals surface area (Å²) in [7, 11) is 0. The van der Waals surface area contributed by atoms with Crippen LogP contribution in [-0.2, 0) is 5.66 Å². The minimum Gasteiger partial charge on any atom is -0.384 e. The molecule has 8 heteroatoms. The van der Waals surface area contributed by atoms with Gasteiger partial charge >= 0.3 is 0 Å². The molecule has 4 N–H and O–H groups in total. The standard InChI is InChI=1S/C18H20N6O2/c1-10-4-3-5-18(8-10)23-16(25)15-11(2)6-12(17(26)24(15)18)22-14-7-13(19)20-9-21-14/h3,5-7,9-10H,4,8H2,1-2H3,(H,23,25)(H3,19,20,21,22). The molecule has 0 saturated heterocycles. The lowest BCUT2D eigenvalue weighted by Gasteiger charge is -2.34. The van der Waals surface area contributed by atoms with E-state index in [0.29, 0.717) is 35.4 Å². The number of nitrogens with zero attached hydrogens (tertiary/aromatic N) is 3. The lowest BCUT2D eigenvalue weighted by Crippen LogP contribution is -2.48. The van der Waals surface area contributed by atoms with Crippen molar-refractivity contribution < 1.29 is 4.79 Å². The third-order valence-electron chi connectivity index (χ3n) is 4.88. The molecular formula is C18H20N6O2. The molecule has 1 spiro atoms. The van der Waals surface area contributed by atoms with Crippen LogP contribution in [0.15, 0.2) is 35.4 Å². The molecule has 3 heterocycles. The molecule has 1 aliphatic carbocycles. The van der Waals surface area contributed by atoms with E-state index < -0.39 is 5.66 Å². The summed E-state index contributed by atoms with van der Waals surface area (Å²) in [6.45, 7) is 3.93. The summed E-state index contributed by atoms with van der Waals surface area (Å²) in [5, 5.41) is 6.01. The van der Waals surface area contributed by atoms with E-state index in [1.807, 2.05) is 19.1 Å². The molecule has 1 aliphatic heterocycles. The molecule has 0 saturated carbocycles. The smallest absolute Gasteiger partial charge is 0.277 e. The minimum atomic E-state index is -0.811. The van der Waals surface area contributed by atoms with Gasteiger partial charge in [-0.15, -0.1) is 0 Å². The average Bonchev–Trinajstić information content (AvgIpc) is 2.84. The highest BCUT2D eigenvalue weighted by molar-refractivity contribution is 5.97. The summed E-state index contributed by atoms with van der Waals surface area (Å²) in [5.74, 6) is 0.860. The van der Waals surface area contributed by atoms with Crippen molar-refractivity contribution in [1.29, 1.82) is 0 Å². The molecule has 0 aromatic carbocycles. The van der Waals surface area contributed by atoms with Crippen molar-refractivity contribution in [2.75, 3.05) is 11.1 Å². The first kappa shape index (κ1) is 16.3. The normalized spacial score (nSPS) is 23.8. The molecule has 2 aromatic rings. The first-order valence-electron chi connectivity index (χ1n) is 8.51. The molecule has 26 heavy (non-hydrogen) atoms. The van der Waals surface area contributed by atoms with Crippen molar-refractivity contribution in [2.24, 2.45) is 5.92 Å². The van der Waals surface area contributed by atoms with E-state index in [-0.39, 0.29) is 11.5 Å². The van der Waals surface area contributed by atoms with Crippen molar-refractivity contribution in [1.82, 2.24) is 19.9 Å². The molecule has 134 valence electrons. The number of amides is 1. The molecule has 2 atom stereocenters. The van der Waals surface area contributed by atoms with E-state index >= 15 is 0 Å². The van der Waals surface area contributed by atoms with E-state index in [0.717, 1.165) is 12.0 Å². The zero-order valence-corrected chi connectivity index (χ0v) is 14.6. The predicted octanol–water partition coefficient (Wildman–Crippen LogP) is 1.65. The summed E-state index contributed by atoms with van der Waals surface area (Å²) in [6, 6.07) is 3.22. The second-order valence-electron chi connectivity index (χ2n) is 7.01. The summed E-state index contributed by atoms with van der Waals surface area (Å²) in [4.78, 5) is 33.7. The number of carbonyl (C=O) groups excluding carboxylic acids is 1. The largest absolute Gasteiger partial charge is 0.384 e. The third kappa shape index (κ3) is 2.45. The van der Waals surface area contributed by atoms with Gasteiger partial charge in [-0.3, -0.25) is 14.2 Å². The lowest BCUT2D eigenvalue weighted by molar-refractivity contribution is 0.0925. The number of nitrogens with two attached hydrogens (primary N) is 1. The molecule has 2 aromatic heterocycles. The molecule has 0 bridgehead atoms. The Bertz CT molecular complexity index is 996. The van der Waals surface area contributed by atoms with Crippen LogP contribution in [0.2, 0.25) is 0 Å². The van der Waals surface area contributed by atoms with Crippen LogP contribution in [-0.4, -0.2) is 20.4 Å². The maximum absolute atomic E-state index is 13.2. The van der Waals surface area contributed by atoms with Crippen molar-refractivity contribution in [3.63, 3.8) is 0 Å². The van der Waals surface area contributed by atoms with E-state index in [2.05, 4.69) is 27.5 Å². The Hall–Kier alpha value is -3.16. The Balaban J connectivity index is 1.87. The Morgan fingerprint density at radius 2 is 2.15 bits per heavy atom. The Morgan fingerprint density at radius 1 is 1.35 bits per heavy atom. The van der Waals surface area contributed by atoms with Crippen LogP contribution in [0, 0.1) is 12.8 Å². The number of allylic oxidation sites excluding steroid dienone is 1. The number of carbonyl (C=O) groups is 1. The number of pyridine rings is 1. The van der Waals surface area contributed by atoms with Gasteiger partial charge in [0.1, 0.15) is 35.0 Å². The van der Waals surface area contributed by atoms with Gasteiger partial charge in [0.25, 0.3) is 11.5 Å². The van der Waals surface area contributed by atoms with Crippen LogP contribution in [0.25, 0.3) is 0 Å². The Morgan fingerprint density at radius 3 is 2.88 bits per heavy atom. The van der Waals surface area contributed by atoms with Crippen LogP contribution in [0.1, 0.15) is 35.8 Å². The van der Waals surface area contributed by atoms with Gasteiger partial charge in [-0.25, -0.2) is 9.97 Å². The molecule has 2 unspecified atom stereocenters. The van der Waals surface area contributed by atoms with E-state index in [4.69, 9.17) is 5.73 Å². The second kappa shape index (κ2) is 5.69. The van der Waals surface area contributed by atoms with Crippen molar-refractivity contribution in [3.05, 3.63) is 52.2 Å². The van der Waals surface area contributed by atoms with Crippen LogP contribution in [0.5, 0.6) is 0 Å². The molecule has 2 aliphatic rings. The summed E-state index contributed by atoms with van der Waals surface area (Å²) in [6.07, 6.45) is 6.88. The second-order valence-corrected chi connectivity index (χ2v) is 7.01. The first-order valence-corrected chi connectivity index (χ1v) is 8.51. The number of hydrogen-bond acceptors (Lipinski definition) is 6. The SMILES string of the molecule is Cc1cc(Nc2cc(N)ncn2)c(=O)n2c1C(=O)NC21C=CCC(C)C1. The van der Waals surface area contributed by atoms with Crippen LogP contribution in [0.4, 0.5) is 17.3 Å². The quantitative estimate of drug-likeness (QED) is 0.708. The maximum atomic E-state index is 13.2. The number of nitrogen functional groups attached to an aromatic ring is 1. The molecule has 8 nitrogen and oxygen atoms in total. The van der Waals surface area contributed by atoms with Crippen LogP contribution < -0.4 is 21.9 Å². The Kier molecular flexibility index (Phi) is 3.57. The van der Waals surface area contributed by atoms with Gasteiger partial charge < -0.3 is 16.4 Å². The maximum Gasteiger partial charge on any atom is 0.277 e. The summed E-state index contributed by atoms with van der Waals surface area (Å²) < 4.78 is 1.57. The van der Waals surface area contributed by atoms with Gasteiger partial charge in [0.15, 0.2) is 0 Å². The van der Waals surface area contributed by atoms with Crippen LogP contribution in [0.3, 0.4) is 0 Å². The lowest BCUT2D eigenvalue weighted by atomic mass is 9.88. The monoisotopic (exact) mass is 352 g/mol. The van der Waals surface area contributed by atoms with Crippen LogP contribution >= 0.6 is 0 Å². The van der Waals surface area contributed by atoms with Gasteiger partial charge in [0, 0.05) is 6.07 Å². The number of hydrogen-bond donors (Lipinski definition) is 3. The van der Waals surface area contributed by atoms with Crippen molar-refractivity contribution >= 4 is 23.2 Å². The highest BCUT2D eigenvalue weighted by atomic mass is 16.2. The zero-order chi connectivity index (χ0) is 18.5. The number of fused-ring (bicyclic) bond motifs is 2. The van der Waals surface area contributed by atoms with Gasteiger partial charge in [-0.1, -0.05) is 13.0 Å². The molecular weight excluding hydrogens is 332 g/mol. The first-order chi connectivity index (χ1) is 12.4.